The molecule has 0 heterocycles. The van der Waals surface area contributed by atoms with Gasteiger partial charge in [0.1, 0.15) is 5.78 Å². The van der Waals surface area contributed by atoms with E-state index in [1.165, 1.54) is 0 Å². The van der Waals surface area contributed by atoms with E-state index in [0.717, 1.165) is 70.0 Å². The number of esters is 1. The van der Waals surface area contributed by atoms with Gasteiger partial charge >= 0.3 is 5.97 Å². The van der Waals surface area contributed by atoms with E-state index in [1.54, 1.807) is 0 Å². The number of rotatable bonds is 31. The fraction of sp³-hybridized carbons (Fsp3) is 0.725. The topological polar surface area (TPSA) is 131 Å². The van der Waals surface area contributed by atoms with Crippen LogP contribution in [0.4, 0.5) is 22.0 Å². The molecule has 0 saturated carbocycles. The second kappa shape index (κ2) is 28.2. The Morgan fingerprint density at radius 2 is 1.04 bits per heavy atom. The van der Waals surface area contributed by atoms with Crippen LogP contribution in [0.2, 0.25) is 0 Å². The van der Waals surface area contributed by atoms with Gasteiger partial charge in [0.25, 0.3) is 0 Å². The molecule has 1 atom stereocenters. The minimum atomic E-state index is -2.33. The van der Waals surface area contributed by atoms with Gasteiger partial charge in [0, 0.05) is 56.7 Å². The average Bonchev–Trinajstić information content (AvgIpc) is 3.16. The monoisotopic (exact) mass is 807 g/mol. The number of carbonyl (C=O) groups is 5. The maximum absolute atomic E-state index is 13.7. The number of hydrogen-bond acceptors (Lipinski definition) is 7. The zero-order valence-corrected chi connectivity index (χ0v) is 33.7. The first-order chi connectivity index (χ1) is 26.2. The van der Waals surface area contributed by atoms with Gasteiger partial charge < -0.3 is 20.7 Å². The molecular formula is C40H62F5N3O6S. The molecule has 314 valence electrons. The van der Waals surface area contributed by atoms with E-state index in [-0.39, 0.29) is 61.5 Å². The highest BCUT2D eigenvalue weighted by atomic mass is 32.1. The highest BCUT2D eigenvalue weighted by Gasteiger charge is 2.34. The zero-order valence-electron chi connectivity index (χ0n) is 32.8. The van der Waals surface area contributed by atoms with Crippen molar-refractivity contribution in [2.24, 2.45) is 5.92 Å². The Bertz CT molecular complexity index is 1310. The normalized spacial score (nSPS) is 12.3. The molecule has 0 saturated heterocycles. The van der Waals surface area contributed by atoms with Crippen molar-refractivity contribution in [1.82, 2.24) is 16.0 Å². The number of carbonyl (C=O) groups excluding carboxylic acids is 5. The van der Waals surface area contributed by atoms with Crippen LogP contribution in [-0.4, -0.2) is 53.9 Å². The van der Waals surface area contributed by atoms with Crippen molar-refractivity contribution < 1.29 is 50.7 Å². The van der Waals surface area contributed by atoms with Crippen LogP contribution in [0.3, 0.4) is 0 Å². The van der Waals surface area contributed by atoms with Crippen LogP contribution < -0.4 is 20.7 Å². The number of amides is 3. The molecule has 55 heavy (non-hydrogen) atoms. The van der Waals surface area contributed by atoms with E-state index in [1.807, 2.05) is 13.8 Å². The highest BCUT2D eigenvalue weighted by molar-refractivity contribution is 7.80. The Kier molecular flexibility index (Phi) is 25.5. The minimum absolute atomic E-state index is 0.0444. The van der Waals surface area contributed by atoms with Crippen LogP contribution in [0, 0.1) is 35.0 Å². The average molecular weight is 808 g/mol. The van der Waals surface area contributed by atoms with Gasteiger partial charge in [-0.25, -0.2) is 13.2 Å². The number of nitrogens with one attached hydrogen (secondary N) is 3. The zero-order chi connectivity index (χ0) is 41.2. The molecule has 3 amide bonds. The third-order valence-electron chi connectivity index (χ3n) is 9.49. The van der Waals surface area contributed by atoms with E-state index in [9.17, 15) is 45.9 Å². The maximum Gasteiger partial charge on any atom is 0.311 e. The second-order valence-electron chi connectivity index (χ2n) is 14.5. The summed E-state index contributed by atoms with van der Waals surface area (Å²) in [4.78, 5) is 63.5. The Balaban J connectivity index is 2.64. The van der Waals surface area contributed by atoms with Crippen molar-refractivity contribution in [3.8, 4) is 5.75 Å². The van der Waals surface area contributed by atoms with E-state index < -0.39 is 46.3 Å². The number of thiol groups is 1. The standard InChI is InChI=1S/C40H62F5N3O6S/c1-4-5-14-25-46-30(50)20-23-40(22-19-29(49)28(2)3,24-21-31(51)47-26-15-16-27-55)48-32(52)17-12-10-8-6-7-9-11-13-18-33(53)54-39-37(44)35(42)34(41)36(43)38(39)45/h28,55H,4-27H2,1-3H3,(H,46,50)(H,47,51)(H,48,52). The number of halogens is 5. The van der Waals surface area contributed by atoms with Crippen LogP contribution in [-0.2, 0) is 24.0 Å². The van der Waals surface area contributed by atoms with Gasteiger partial charge in [-0.15, -0.1) is 0 Å². The molecule has 0 aliphatic carbocycles. The second-order valence-corrected chi connectivity index (χ2v) is 14.9. The van der Waals surface area contributed by atoms with Gasteiger partial charge in [-0.1, -0.05) is 72.1 Å². The lowest BCUT2D eigenvalue weighted by molar-refractivity contribution is -0.135. The van der Waals surface area contributed by atoms with Crippen molar-refractivity contribution in [2.45, 2.75) is 161 Å². The fourth-order valence-electron chi connectivity index (χ4n) is 5.98. The van der Waals surface area contributed by atoms with E-state index in [4.69, 9.17) is 0 Å². The molecule has 9 nitrogen and oxygen atoms in total. The lowest BCUT2D eigenvalue weighted by atomic mass is 9.81. The highest BCUT2D eigenvalue weighted by Crippen LogP contribution is 2.30. The molecule has 1 unspecified atom stereocenters. The molecule has 0 fully saturated rings. The summed E-state index contributed by atoms with van der Waals surface area (Å²) in [5.74, 6) is -13.7. The molecule has 1 aromatic carbocycles. The molecule has 0 aliphatic rings. The summed E-state index contributed by atoms with van der Waals surface area (Å²) in [5.41, 5.74) is -0.912. The summed E-state index contributed by atoms with van der Waals surface area (Å²) in [5, 5.41) is 9.01. The largest absolute Gasteiger partial charge is 0.420 e. The van der Waals surface area contributed by atoms with Gasteiger partial charge in [-0.3, -0.25) is 24.0 Å². The first-order valence-corrected chi connectivity index (χ1v) is 20.5. The van der Waals surface area contributed by atoms with Crippen LogP contribution in [0.1, 0.15) is 156 Å². The minimum Gasteiger partial charge on any atom is -0.420 e. The number of ether oxygens (including phenoxy) is 1. The molecule has 0 spiro atoms. The summed E-state index contributed by atoms with van der Waals surface area (Å²) >= 11 is 4.20. The molecular weight excluding hydrogens is 746 g/mol. The number of Topliss-reactive ketones (excluding diaryl/α,β-unsaturated/α-hetero) is 1. The first kappa shape index (κ1) is 49.8. The molecule has 1 aromatic rings. The molecule has 15 heteroatoms. The van der Waals surface area contributed by atoms with Crippen molar-refractivity contribution in [3.05, 3.63) is 29.1 Å². The van der Waals surface area contributed by atoms with Gasteiger partial charge in [-0.2, -0.15) is 21.4 Å². The Morgan fingerprint density at radius 3 is 1.53 bits per heavy atom. The molecule has 0 bridgehead atoms. The number of benzene rings is 1. The van der Waals surface area contributed by atoms with Crippen LogP contribution in [0.15, 0.2) is 0 Å². The smallest absolute Gasteiger partial charge is 0.311 e. The molecule has 0 aromatic heterocycles. The Labute approximate surface area is 328 Å². The van der Waals surface area contributed by atoms with Crippen LogP contribution in [0.25, 0.3) is 0 Å². The predicted octanol–water partition coefficient (Wildman–Crippen LogP) is 8.74. The fourth-order valence-corrected chi connectivity index (χ4v) is 6.20. The van der Waals surface area contributed by atoms with Crippen molar-refractivity contribution in [3.63, 3.8) is 0 Å². The third kappa shape index (κ3) is 20.5. The molecule has 1 rings (SSSR count). The summed E-state index contributed by atoms with van der Waals surface area (Å²) in [7, 11) is 0. The van der Waals surface area contributed by atoms with Crippen molar-refractivity contribution in [2.75, 3.05) is 18.8 Å². The summed E-state index contributed by atoms with van der Waals surface area (Å²) in [6.07, 6.45) is 11.5. The first-order valence-electron chi connectivity index (χ1n) is 19.9. The van der Waals surface area contributed by atoms with Crippen LogP contribution >= 0.6 is 12.6 Å². The quantitative estimate of drug-likeness (QED) is 0.0113. The number of hydrogen-bond donors (Lipinski definition) is 4. The SMILES string of the molecule is CCCCCNC(=O)CCC(CCC(=O)NCCCCS)(CCC(=O)C(C)C)NC(=O)CCCCCCCCCCC(=O)Oc1c(F)c(F)c(F)c(F)c1F. The van der Waals surface area contributed by atoms with Crippen LogP contribution in [0.5, 0.6) is 5.75 Å². The van der Waals surface area contributed by atoms with Gasteiger partial charge in [0.2, 0.25) is 52.6 Å². The molecule has 0 aliphatic heterocycles. The maximum atomic E-state index is 13.7. The molecule has 3 N–H and O–H groups in total. The van der Waals surface area contributed by atoms with Gasteiger partial charge in [0.05, 0.1) is 0 Å². The summed E-state index contributed by atoms with van der Waals surface area (Å²) < 4.78 is 71.7. The Morgan fingerprint density at radius 1 is 0.582 bits per heavy atom. The van der Waals surface area contributed by atoms with E-state index >= 15 is 0 Å². The number of ketones is 1. The van der Waals surface area contributed by atoms with Gasteiger partial charge in [-0.05, 0) is 57.1 Å². The van der Waals surface area contributed by atoms with Gasteiger partial charge in [0.15, 0.2) is 0 Å². The van der Waals surface area contributed by atoms with E-state index in [2.05, 4.69) is 40.2 Å². The third-order valence-corrected chi connectivity index (χ3v) is 9.81. The number of unbranched alkanes of at least 4 members (excludes halogenated alkanes) is 10. The summed E-state index contributed by atoms with van der Waals surface area (Å²) in [6.45, 7) is 6.81. The predicted molar refractivity (Wildman–Crippen MR) is 205 cm³/mol. The van der Waals surface area contributed by atoms with E-state index in [0.29, 0.717) is 51.6 Å². The van der Waals surface area contributed by atoms with Crippen molar-refractivity contribution in [1.29, 1.82) is 0 Å². The lowest BCUT2D eigenvalue weighted by Gasteiger charge is -2.35. The Hall–Kier alpha value is -3.23. The lowest BCUT2D eigenvalue weighted by Crippen LogP contribution is -2.50. The van der Waals surface area contributed by atoms with Crippen molar-refractivity contribution >= 4 is 42.1 Å². The summed E-state index contributed by atoms with van der Waals surface area (Å²) in [6, 6.07) is 0. The molecule has 0 radical (unpaired) electrons.